The largest absolute Gasteiger partial charge is 0.493 e. The first kappa shape index (κ1) is 27.5. The summed E-state index contributed by atoms with van der Waals surface area (Å²) in [5.74, 6) is 0.245. The molecule has 0 aromatic heterocycles. The van der Waals surface area contributed by atoms with Crippen molar-refractivity contribution in [2.45, 2.75) is 50.8 Å². The Morgan fingerprint density at radius 2 is 1.72 bits per heavy atom. The van der Waals surface area contributed by atoms with Gasteiger partial charge in [-0.1, -0.05) is 49.2 Å². The molecule has 202 valence electrons. The van der Waals surface area contributed by atoms with E-state index in [9.17, 15) is 9.59 Å². The van der Waals surface area contributed by atoms with Crippen molar-refractivity contribution in [1.29, 1.82) is 5.26 Å². The molecular formula is C31H33N3O5. The fraction of sp³-hybridized carbons (Fsp3) is 0.323. The molecule has 39 heavy (non-hydrogen) atoms. The third-order valence-electron chi connectivity index (χ3n) is 6.83. The zero-order chi connectivity index (χ0) is 27.7. The summed E-state index contributed by atoms with van der Waals surface area (Å²) in [6.07, 6.45) is 2.70. The van der Waals surface area contributed by atoms with Crippen LogP contribution in [-0.4, -0.2) is 31.1 Å². The van der Waals surface area contributed by atoms with E-state index in [4.69, 9.17) is 19.5 Å². The van der Waals surface area contributed by atoms with Gasteiger partial charge in [0.2, 0.25) is 5.91 Å². The van der Waals surface area contributed by atoms with Crippen molar-refractivity contribution in [1.82, 2.24) is 5.32 Å². The summed E-state index contributed by atoms with van der Waals surface area (Å²) in [5, 5.41) is 15.4. The number of carbonyl (C=O) groups excluding carboxylic acids is 2. The van der Waals surface area contributed by atoms with Gasteiger partial charge in [-0.15, -0.1) is 0 Å². The van der Waals surface area contributed by atoms with Crippen molar-refractivity contribution in [3.8, 4) is 17.6 Å². The number of nitrogens with zero attached hydrogens (tertiary/aromatic N) is 1. The van der Waals surface area contributed by atoms with Crippen LogP contribution in [0.4, 0.5) is 5.69 Å². The summed E-state index contributed by atoms with van der Waals surface area (Å²) in [6, 6.07) is 23.2. The van der Waals surface area contributed by atoms with Gasteiger partial charge in [-0.2, -0.15) is 5.26 Å². The molecule has 0 heterocycles. The van der Waals surface area contributed by atoms with Gasteiger partial charge in [0.1, 0.15) is 18.2 Å². The van der Waals surface area contributed by atoms with Gasteiger partial charge in [0.05, 0.1) is 25.3 Å². The molecule has 0 saturated heterocycles. The van der Waals surface area contributed by atoms with Crippen LogP contribution in [0.2, 0.25) is 0 Å². The minimum absolute atomic E-state index is 0.241. The molecule has 3 aromatic carbocycles. The number of esters is 1. The Kier molecular flexibility index (Phi) is 9.06. The highest BCUT2D eigenvalue weighted by atomic mass is 16.5. The van der Waals surface area contributed by atoms with Crippen molar-refractivity contribution in [2.75, 3.05) is 19.0 Å². The first-order valence-corrected chi connectivity index (χ1v) is 13.1. The summed E-state index contributed by atoms with van der Waals surface area (Å²) in [7, 11) is 1.55. The SMILES string of the molecule is CCOC(=O)C1(NC(=O)C(Nc2ccc(C#N)cc2)c2ccc(OCc3ccccc3)c(OC)c2)CCCC1. The standard InChI is InChI=1S/C31H33N3O5/c1-3-38-30(36)31(17-7-8-18-31)34-29(35)28(33-25-14-11-22(20-32)12-15-25)24-13-16-26(27(19-24)37-2)39-21-23-9-5-4-6-10-23/h4-6,9-16,19,28,33H,3,7-8,17-18,21H2,1-2H3,(H,34,35). The minimum Gasteiger partial charge on any atom is -0.493 e. The fourth-order valence-corrected chi connectivity index (χ4v) is 4.76. The lowest BCUT2D eigenvalue weighted by atomic mass is 9.95. The maximum absolute atomic E-state index is 13.8. The fourth-order valence-electron chi connectivity index (χ4n) is 4.76. The molecule has 1 saturated carbocycles. The van der Waals surface area contributed by atoms with Crippen LogP contribution in [0.1, 0.15) is 55.3 Å². The number of nitrogens with one attached hydrogen (secondary N) is 2. The van der Waals surface area contributed by atoms with Crippen LogP contribution in [0.3, 0.4) is 0 Å². The minimum atomic E-state index is -1.06. The Labute approximate surface area is 228 Å². The molecular weight excluding hydrogens is 494 g/mol. The van der Waals surface area contributed by atoms with E-state index in [1.165, 1.54) is 0 Å². The molecule has 0 spiro atoms. The average molecular weight is 528 g/mol. The van der Waals surface area contributed by atoms with Crippen molar-refractivity contribution in [3.05, 3.63) is 89.5 Å². The number of carbonyl (C=O) groups is 2. The summed E-state index contributed by atoms with van der Waals surface area (Å²) in [4.78, 5) is 26.7. The summed E-state index contributed by atoms with van der Waals surface area (Å²) >= 11 is 0. The van der Waals surface area contributed by atoms with Crippen LogP contribution in [0.15, 0.2) is 72.8 Å². The van der Waals surface area contributed by atoms with Gasteiger partial charge in [-0.05, 0) is 67.3 Å². The number of hydrogen-bond acceptors (Lipinski definition) is 7. The maximum atomic E-state index is 13.8. The van der Waals surface area contributed by atoms with E-state index in [-0.39, 0.29) is 12.5 Å². The molecule has 2 N–H and O–H groups in total. The molecule has 4 rings (SSSR count). The summed E-state index contributed by atoms with van der Waals surface area (Å²) in [5.41, 5.74) is 1.74. The average Bonchev–Trinajstić information content (AvgIpc) is 3.45. The molecule has 3 aromatic rings. The smallest absolute Gasteiger partial charge is 0.331 e. The van der Waals surface area contributed by atoms with Gasteiger partial charge < -0.3 is 24.8 Å². The molecule has 1 amide bonds. The van der Waals surface area contributed by atoms with Gasteiger partial charge in [0.15, 0.2) is 11.5 Å². The van der Waals surface area contributed by atoms with Crippen LogP contribution in [0.25, 0.3) is 0 Å². The number of ether oxygens (including phenoxy) is 3. The number of hydrogen-bond donors (Lipinski definition) is 2. The first-order chi connectivity index (χ1) is 19.0. The highest BCUT2D eigenvalue weighted by Gasteiger charge is 2.45. The van der Waals surface area contributed by atoms with Crippen LogP contribution >= 0.6 is 0 Å². The van der Waals surface area contributed by atoms with Gasteiger partial charge in [0.25, 0.3) is 0 Å². The predicted molar refractivity (Wildman–Crippen MR) is 147 cm³/mol. The Balaban J connectivity index is 1.63. The monoisotopic (exact) mass is 527 g/mol. The van der Waals surface area contributed by atoms with Crippen molar-refractivity contribution in [3.63, 3.8) is 0 Å². The third kappa shape index (κ3) is 6.68. The lowest BCUT2D eigenvalue weighted by Gasteiger charge is -2.30. The zero-order valence-electron chi connectivity index (χ0n) is 22.2. The van der Waals surface area contributed by atoms with E-state index < -0.39 is 17.6 Å². The molecule has 1 fully saturated rings. The van der Waals surface area contributed by atoms with Crippen LogP contribution in [0.5, 0.6) is 11.5 Å². The molecule has 0 radical (unpaired) electrons. The lowest BCUT2D eigenvalue weighted by Crippen LogP contribution is -2.55. The maximum Gasteiger partial charge on any atom is 0.331 e. The molecule has 0 aliphatic heterocycles. The zero-order valence-corrected chi connectivity index (χ0v) is 22.2. The van der Waals surface area contributed by atoms with Crippen molar-refractivity contribution in [2.24, 2.45) is 0 Å². The second kappa shape index (κ2) is 12.8. The number of methoxy groups -OCH3 is 1. The van der Waals surface area contributed by atoms with Gasteiger partial charge in [0, 0.05) is 5.69 Å². The molecule has 0 bridgehead atoms. The summed E-state index contributed by atoms with van der Waals surface area (Å²) in [6.45, 7) is 2.36. The van der Waals surface area contributed by atoms with Crippen LogP contribution in [0, 0.1) is 11.3 Å². The molecule has 1 unspecified atom stereocenters. The highest BCUT2D eigenvalue weighted by molar-refractivity contribution is 5.92. The second-order valence-corrected chi connectivity index (χ2v) is 9.45. The molecule has 1 atom stereocenters. The van der Waals surface area contributed by atoms with E-state index in [0.29, 0.717) is 47.8 Å². The number of nitriles is 1. The van der Waals surface area contributed by atoms with Crippen LogP contribution in [-0.2, 0) is 20.9 Å². The van der Waals surface area contributed by atoms with E-state index >= 15 is 0 Å². The van der Waals surface area contributed by atoms with Gasteiger partial charge in [-0.25, -0.2) is 4.79 Å². The molecule has 1 aliphatic carbocycles. The normalized spacial score (nSPS) is 14.5. The van der Waals surface area contributed by atoms with E-state index in [0.717, 1.165) is 18.4 Å². The molecule has 8 nitrogen and oxygen atoms in total. The quantitative estimate of drug-likeness (QED) is 0.326. The Morgan fingerprint density at radius 1 is 1.00 bits per heavy atom. The van der Waals surface area contributed by atoms with Crippen LogP contribution < -0.4 is 20.1 Å². The highest BCUT2D eigenvalue weighted by Crippen LogP contribution is 2.35. The molecule has 1 aliphatic rings. The van der Waals surface area contributed by atoms with Gasteiger partial charge >= 0.3 is 5.97 Å². The third-order valence-corrected chi connectivity index (χ3v) is 6.83. The first-order valence-electron chi connectivity index (χ1n) is 13.1. The Hall–Kier alpha value is -4.51. The number of anilines is 1. The topological polar surface area (TPSA) is 110 Å². The predicted octanol–water partition coefficient (Wildman–Crippen LogP) is 5.29. The number of benzene rings is 3. The van der Waals surface area contributed by atoms with E-state index in [1.807, 2.05) is 30.3 Å². The van der Waals surface area contributed by atoms with Gasteiger partial charge in [-0.3, -0.25) is 4.79 Å². The lowest BCUT2D eigenvalue weighted by molar-refractivity contribution is -0.153. The second-order valence-electron chi connectivity index (χ2n) is 9.45. The Bertz CT molecular complexity index is 1310. The van der Waals surface area contributed by atoms with E-state index in [2.05, 4.69) is 16.7 Å². The van der Waals surface area contributed by atoms with E-state index in [1.54, 1.807) is 56.5 Å². The van der Waals surface area contributed by atoms with Crippen molar-refractivity contribution < 1.29 is 23.8 Å². The number of rotatable bonds is 11. The number of amides is 1. The van der Waals surface area contributed by atoms with Crippen molar-refractivity contribution >= 4 is 17.6 Å². The Morgan fingerprint density at radius 3 is 2.36 bits per heavy atom. The summed E-state index contributed by atoms with van der Waals surface area (Å²) < 4.78 is 16.9. The molecule has 8 heteroatoms.